The highest BCUT2D eigenvalue weighted by atomic mass is 19.3. The van der Waals surface area contributed by atoms with Crippen molar-refractivity contribution in [3.05, 3.63) is 24.6 Å². The summed E-state index contributed by atoms with van der Waals surface area (Å²) in [6.07, 6.45) is 13.2. The maximum atomic E-state index is 11.7. The highest BCUT2D eigenvalue weighted by Crippen LogP contribution is 2.34. The molecule has 0 radical (unpaired) electrons. The second kappa shape index (κ2) is 15.4. The first-order valence-corrected chi connectivity index (χ1v) is 9.56. The van der Waals surface area contributed by atoms with Gasteiger partial charge in [0.05, 0.1) is 0 Å². The van der Waals surface area contributed by atoms with Gasteiger partial charge >= 0.3 is 6.08 Å². The zero-order valence-electron chi connectivity index (χ0n) is 15.4. The van der Waals surface area contributed by atoms with Crippen LogP contribution in [0.3, 0.4) is 0 Å². The van der Waals surface area contributed by atoms with Crippen molar-refractivity contribution in [2.75, 3.05) is 0 Å². The van der Waals surface area contributed by atoms with E-state index in [4.69, 9.17) is 0 Å². The third-order valence-electron chi connectivity index (χ3n) is 4.79. The summed E-state index contributed by atoms with van der Waals surface area (Å²) in [5, 5.41) is 0. The second-order valence-electron chi connectivity index (χ2n) is 7.00. The third kappa shape index (κ3) is 15.1. The fourth-order valence-electron chi connectivity index (χ4n) is 3.63. The van der Waals surface area contributed by atoms with E-state index in [2.05, 4.69) is 6.58 Å². The van der Waals surface area contributed by atoms with Gasteiger partial charge in [0, 0.05) is 6.42 Å². The predicted octanol–water partition coefficient (Wildman–Crippen LogP) is 8.80. The van der Waals surface area contributed by atoms with Crippen LogP contribution in [0.4, 0.5) is 22.0 Å². The number of rotatable bonds is 4. The first-order valence-electron chi connectivity index (χ1n) is 9.56. The standard InChI is InChI=1S/C13H24.C5H7F3.C2H2F2/c1-3-7-12(8-4-1)11-13-9-5-2-6-10-13;1-2-3-4(6)5(7)8;1-2(3)4/h12-13H,1-11H2;2-3H2,1H3;1H2. The van der Waals surface area contributed by atoms with Crippen LogP contribution in [-0.4, -0.2) is 0 Å². The molecule has 148 valence electrons. The highest BCUT2D eigenvalue weighted by molar-refractivity contribution is 4.90. The molecule has 0 aromatic heterocycles. The largest absolute Gasteiger partial charge is 0.301 e. The Bertz CT molecular complexity index is 342. The Hall–Kier alpha value is -0.870. The van der Waals surface area contributed by atoms with Crippen LogP contribution >= 0.6 is 0 Å². The molecule has 25 heavy (non-hydrogen) atoms. The van der Waals surface area contributed by atoms with Crippen LogP contribution < -0.4 is 0 Å². The smallest absolute Gasteiger partial charge is 0.206 e. The van der Waals surface area contributed by atoms with Gasteiger partial charge in [-0.1, -0.05) is 71.1 Å². The molecule has 2 fully saturated rings. The number of allylic oxidation sites excluding steroid dienone is 1. The Kier molecular flexibility index (Phi) is 14.9. The van der Waals surface area contributed by atoms with Crippen LogP contribution in [-0.2, 0) is 0 Å². The van der Waals surface area contributed by atoms with Crippen molar-refractivity contribution in [2.24, 2.45) is 11.8 Å². The van der Waals surface area contributed by atoms with E-state index in [-0.39, 0.29) is 6.42 Å². The molecular weight excluding hydrogens is 335 g/mol. The summed E-state index contributed by atoms with van der Waals surface area (Å²) in [4.78, 5) is 0. The molecule has 0 spiro atoms. The van der Waals surface area contributed by atoms with Crippen LogP contribution in [0.2, 0.25) is 0 Å². The zero-order chi connectivity index (χ0) is 19.1. The van der Waals surface area contributed by atoms with Crippen molar-refractivity contribution in [2.45, 2.75) is 90.4 Å². The fraction of sp³-hybridized carbons (Fsp3) is 0.800. The van der Waals surface area contributed by atoms with Crippen LogP contribution in [0, 0.1) is 11.8 Å². The van der Waals surface area contributed by atoms with Gasteiger partial charge < -0.3 is 0 Å². The van der Waals surface area contributed by atoms with Crippen molar-refractivity contribution < 1.29 is 22.0 Å². The van der Waals surface area contributed by atoms with Crippen molar-refractivity contribution in [1.29, 1.82) is 0 Å². The molecule has 2 rings (SSSR count). The Morgan fingerprint density at radius 1 is 0.760 bits per heavy atom. The van der Waals surface area contributed by atoms with E-state index in [1.807, 2.05) is 0 Å². The van der Waals surface area contributed by atoms with Gasteiger partial charge in [0.2, 0.25) is 0 Å². The zero-order valence-corrected chi connectivity index (χ0v) is 15.4. The summed E-state index contributed by atoms with van der Waals surface area (Å²) in [6, 6.07) is 0. The molecule has 2 saturated carbocycles. The van der Waals surface area contributed by atoms with Crippen LogP contribution in [0.25, 0.3) is 0 Å². The number of halogens is 5. The molecule has 0 heterocycles. The van der Waals surface area contributed by atoms with E-state index in [9.17, 15) is 22.0 Å². The van der Waals surface area contributed by atoms with Gasteiger partial charge in [0.1, 0.15) is 0 Å². The summed E-state index contributed by atoms with van der Waals surface area (Å²) in [6.45, 7) is 3.86. The molecule has 0 aliphatic heterocycles. The van der Waals surface area contributed by atoms with Gasteiger partial charge in [0.25, 0.3) is 6.08 Å². The first kappa shape index (κ1) is 24.1. The molecule has 0 amide bonds. The van der Waals surface area contributed by atoms with Gasteiger partial charge in [-0.05, 0) is 31.3 Å². The lowest BCUT2D eigenvalue weighted by molar-refractivity contribution is 0.244. The molecule has 2 aliphatic rings. The summed E-state index contributed by atoms with van der Waals surface area (Å²) >= 11 is 0. The van der Waals surface area contributed by atoms with Gasteiger partial charge in [0.15, 0.2) is 5.83 Å². The topological polar surface area (TPSA) is 0 Å². The average Bonchev–Trinajstić information content (AvgIpc) is 2.57. The molecule has 0 nitrogen and oxygen atoms in total. The Morgan fingerprint density at radius 2 is 1.12 bits per heavy atom. The number of hydrogen-bond acceptors (Lipinski definition) is 0. The fourth-order valence-corrected chi connectivity index (χ4v) is 3.63. The van der Waals surface area contributed by atoms with E-state index in [0.29, 0.717) is 6.42 Å². The Morgan fingerprint density at radius 3 is 1.36 bits per heavy atom. The summed E-state index contributed by atoms with van der Waals surface area (Å²) in [7, 11) is 0. The summed E-state index contributed by atoms with van der Waals surface area (Å²) < 4.78 is 54.2. The van der Waals surface area contributed by atoms with E-state index < -0.39 is 18.0 Å². The monoisotopic (exact) mass is 368 g/mol. The minimum absolute atomic E-state index is 0.150. The lowest BCUT2D eigenvalue weighted by atomic mass is 9.78. The maximum absolute atomic E-state index is 11.7. The molecule has 0 atom stereocenters. The lowest BCUT2D eigenvalue weighted by Crippen LogP contribution is -2.14. The maximum Gasteiger partial charge on any atom is 0.301 e. The molecule has 5 heteroatoms. The molecule has 0 saturated heterocycles. The average molecular weight is 368 g/mol. The van der Waals surface area contributed by atoms with Crippen molar-refractivity contribution in [1.82, 2.24) is 0 Å². The van der Waals surface area contributed by atoms with E-state index in [0.717, 1.165) is 11.8 Å². The Balaban J connectivity index is 0.000000413. The molecule has 2 aliphatic carbocycles. The molecule has 0 aromatic carbocycles. The van der Waals surface area contributed by atoms with Gasteiger partial charge in [-0.2, -0.15) is 17.6 Å². The van der Waals surface area contributed by atoms with Crippen LogP contribution in [0.15, 0.2) is 24.6 Å². The molecular formula is C20H33F5. The summed E-state index contributed by atoms with van der Waals surface area (Å²) in [5.41, 5.74) is 0. The predicted molar refractivity (Wildman–Crippen MR) is 94.4 cm³/mol. The minimum atomic E-state index is -2.19. The van der Waals surface area contributed by atoms with Gasteiger partial charge in [-0.15, -0.1) is 0 Å². The van der Waals surface area contributed by atoms with Gasteiger partial charge in [-0.3, -0.25) is 0 Å². The lowest BCUT2D eigenvalue weighted by Gasteiger charge is -2.28. The van der Waals surface area contributed by atoms with Crippen LogP contribution in [0.5, 0.6) is 0 Å². The van der Waals surface area contributed by atoms with Crippen LogP contribution in [0.1, 0.15) is 90.4 Å². The molecule has 0 unspecified atom stereocenters. The van der Waals surface area contributed by atoms with Crippen molar-refractivity contribution in [3.8, 4) is 0 Å². The third-order valence-corrected chi connectivity index (χ3v) is 4.79. The quantitative estimate of drug-likeness (QED) is 0.435. The number of hydrogen-bond donors (Lipinski definition) is 0. The van der Waals surface area contributed by atoms with E-state index in [1.165, 1.54) is 38.5 Å². The molecule has 0 bridgehead atoms. The van der Waals surface area contributed by atoms with Crippen molar-refractivity contribution in [3.63, 3.8) is 0 Å². The van der Waals surface area contributed by atoms with Crippen molar-refractivity contribution >= 4 is 0 Å². The minimum Gasteiger partial charge on any atom is -0.206 e. The summed E-state index contributed by atoms with van der Waals surface area (Å²) in [5.74, 6) is 0.959. The normalized spacial score (nSPS) is 18.3. The van der Waals surface area contributed by atoms with E-state index >= 15 is 0 Å². The van der Waals surface area contributed by atoms with E-state index in [1.54, 1.807) is 39.0 Å². The second-order valence-corrected chi connectivity index (χ2v) is 7.00. The van der Waals surface area contributed by atoms with Gasteiger partial charge in [-0.25, -0.2) is 4.39 Å². The Labute approximate surface area is 149 Å². The highest BCUT2D eigenvalue weighted by Gasteiger charge is 2.20. The molecule has 0 N–H and O–H groups in total. The SMILES string of the molecule is C1CCC(CC2CCCCC2)CC1.C=C(F)F.CCCC(F)=C(F)F. The molecule has 0 aromatic rings. The first-order chi connectivity index (χ1) is 11.9.